The molecule has 0 unspecified atom stereocenters. The molecule has 0 aromatic heterocycles. The number of hydrogen-bond acceptors (Lipinski definition) is 1. The highest BCUT2D eigenvalue weighted by Crippen LogP contribution is 2.45. The number of unbranched alkanes of at least 4 members (excludes halogenated alkanes) is 4. The number of benzene rings is 1. The lowest BCUT2D eigenvalue weighted by molar-refractivity contribution is -0.360. The van der Waals surface area contributed by atoms with Crippen LogP contribution < -0.4 is 4.74 Å². The quantitative estimate of drug-likeness (QED) is 0.242. The third kappa shape index (κ3) is 7.58. The molecule has 0 heterocycles. The summed E-state index contributed by atoms with van der Waals surface area (Å²) < 4.78 is 67.0. The van der Waals surface area contributed by atoms with Crippen molar-refractivity contribution in [3.63, 3.8) is 0 Å². The molecule has 2 saturated carbocycles. The Kier molecular flexibility index (Phi) is 9.46. The van der Waals surface area contributed by atoms with Crippen molar-refractivity contribution in [3.8, 4) is 5.75 Å². The molecule has 2 aliphatic carbocycles. The van der Waals surface area contributed by atoms with Gasteiger partial charge < -0.3 is 4.74 Å². The Morgan fingerprint density at radius 2 is 1.27 bits per heavy atom. The second-order valence-electron chi connectivity index (χ2n) is 10.3. The minimum absolute atomic E-state index is 0.345. The molecule has 0 aliphatic heterocycles. The third-order valence-corrected chi connectivity index (χ3v) is 7.97. The van der Waals surface area contributed by atoms with Gasteiger partial charge in [0.1, 0.15) is 5.75 Å². The summed E-state index contributed by atoms with van der Waals surface area (Å²) in [6, 6.07) is 5.73. The van der Waals surface area contributed by atoms with Crippen LogP contribution in [0.4, 0.5) is 22.0 Å². The van der Waals surface area contributed by atoms with E-state index in [1.807, 2.05) is 0 Å². The van der Waals surface area contributed by atoms with Crippen LogP contribution in [0.5, 0.6) is 5.75 Å². The zero-order valence-electron chi connectivity index (χ0n) is 19.8. The van der Waals surface area contributed by atoms with Gasteiger partial charge in [0.25, 0.3) is 0 Å². The van der Waals surface area contributed by atoms with Gasteiger partial charge in [0.15, 0.2) is 0 Å². The smallest absolute Gasteiger partial charge is 0.426 e. The second kappa shape index (κ2) is 11.9. The molecule has 0 saturated heterocycles. The van der Waals surface area contributed by atoms with E-state index in [0.29, 0.717) is 5.92 Å². The van der Waals surface area contributed by atoms with E-state index >= 15 is 0 Å². The number of halogens is 5. The maximum absolute atomic E-state index is 13.1. The summed E-state index contributed by atoms with van der Waals surface area (Å²) in [7, 11) is 0. The number of hydrogen-bond donors (Lipinski definition) is 0. The number of rotatable bonds is 10. The van der Waals surface area contributed by atoms with Crippen LogP contribution in [-0.2, 0) is 0 Å². The van der Waals surface area contributed by atoms with Crippen molar-refractivity contribution in [1.29, 1.82) is 0 Å². The summed E-state index contributed by atoms with van der Waals surface area (Å²) in [5.74, 6) is 2.42. The molecule has 0 radical (unpaired) electrons. The SMILES string of the molecule is CCCCCCC[C@H]1CC[C@H](C2CCC(c3ccc(OC(F)(F)C(F)(F)F)cc3)CC2)CC1. The van der Waals surface area contributed by atoms with E-state index < -0.39 is 18.0 Å². The first-order chi connectivity index (χ1) is 15.7. The van der Waals surface area contributed by atoms with Gasteiger partial charge in [-0.15, -0.1) is 0 Å². The number of ether oxygens (including phenoxy) is 1. The first-order valence-electron chi connectivity index (χ1n) is 12.9. The van der Waals surface area contributed by atoms with Crippen molar-refractivity contribution in [2.45, 2.75) is 115 Å². The highest BCUT2D eigenvalue weighted by molar-refractivity contribution is 5.30. The molecule has 2 aliphatic rings. The van der Waals surface area contributed by atoms with Gasteiger partial charge in [-0.1, -0.05) is 70.4 Å². The van der Waals surface area contributed by atoms with Crippen LogP contribution in [-0.4, -0.2) is 12.3 Å². The van der Waals surface area contributed by atoms with Gasteiger partial charge in [-0.2, -0.15) is 22.0 Å². The maximum Gasteiger partial charge on any atom is 0.499 e. The van der Waals surface area contributed by atoms with Crippen molar-refractivity contribution in [2.75, 3.05) is 0 Å². The minimum atomic E-state index is -5.72. The van der Waals surface area contributed by atoms with Gasteiger partial charge >= 0.3 is 12.3 Å². The Hall–Kier alpha value is -1.33. The lowest BCUT2D eigenvalue weighted by Crippen LogP contribution is -2.41. The predicted molar refractivity (Wildman–Crippen MR) is 122 cm³/mol. The average molecular weight is 475 g/mol. The van der Waals surface area contributed by atoms with Crippen LogP contribution in [0.3, 0.4) is 0 Å². The standard InChI is InChI=1S/C27H39F5O/c1-2-3-4-5-6-7-20-8-10-21(11-9-20)22-12-14-23(15-13-22)24-16-18-25(19-17-24)33-27(31,32)26(28,29)30/h16-23H,2-15H2,1H3/t20-,21-,22?,23?. The number of alkyl halides is 5. The molecule has 6 heteroatoms. The highest BCUT2D eigenvalue weighted by Gasteiger charge is 2.61. The maximum atomic E-state index is 13.1. The lowest BCUT2D eigenvalue weighted by atomic mass is 9.68. The van der Waals surface area contributed by atoms with E-state index in [-0.39, 0.29) is 0 Å². The van der Waals surface area contributed by atoms with E-state index in [4.69, 9.17) is 0 Å². The van der Waals surface area contributed by atoms with Gasteiger partial charge in [-0.25, -0.2) is 0 Å². The highest BCUT2D eigenvalue weighted by atomic mass is 19.4. The Morgan fingerprint density at radius 1 is 0.727 bits per heavy atom. The van der Waals surface area contributed by atoms with Gasteiger partial charge in [-0.05, 0) is 79.9 Å². The molecule has 1 nitrogen and oxygen atoms in total. The molecular formula is C27H39F5O. The van der Waals surface area contributed by atoms with E-state index in [1.54, 1.807) is 12.1 Å². The monoisotopic (exact) mass is 474 g/mol. The molecule has 0 spiro atoms. The van der Waals surface area contributed by atoms with Crippen molar-refractivity contribution in [3.05, 3.63) is 29.8 Å². The molecule has 33 heavy (non-hydrogen) atoms. The van der Waals surface area contributed by atoms with E-state index in [1.165, 1.54) is 89.2 Å². The molecule has 1 aromatic rings. The van der Waals surface area contributed by atoms with Gasteiger partial charge in [0, 0.05) is 0 Å². The molecule has 188 valence electrons. The van der Waals surface area contributed by atoms with E-state index in [9.17, 15) is 22.0 Å². The van der Waals surface area contributed by atoms with Crippen LogP contribution in [0.15, 0.2) is 24.3 Å². The summed E-state index contributed by atoms with van der Waals surface area (Å²) in [5.41, 5.74) is 1.00. The van der Waals surface area contributed by atoms with Gasteiger partial charge in [0.05, 0.1) is 0 Å². The summed E-state index contributed by atoms with van der Waals surface area (Å²) in [6.07, 6.45) is 7.25. The fraction of sp³-hybridized carbons (Fsp3) is 0.778. The fourth-order valence-electron chi connectivity index (χ4n) is 5.92. The molecule has 1 aromatic carbocycles. The largest absolute Gasteiger partial charge is 0.499 e. The Labute approximate surface area is 195 Å². The fourth-order valence-corrected chi connectivity index (χ4v) is 5.92. The molecule has 0 atom stereocenters. The van der Waals surface area contributed by atoms with Crippen LogP contribution in [0, 0.1) is 17.8 Å². The first kappa shape index (κ1) is 26.3. The molecule has 0 bridgehead atoms. The van der Waals surface area contributed by atoms with Crippen molar-refractivity contribution in [2.24, 2.45) is 17.8 Å². The summed E-state index contributed by atoms with van der Waals surface area (Å²) in [4.78, 5) is 0. The topological polar surface area (TPSA) is 9.23 Å². The van der Waals surface area contributed by atoms with Crippen LogP contribution in [0.2, 0.25) is 0 Å². The zero-order valence-corrected chi connectivity index (χ0v) is 19.8. The Bertz CT molecular complexity index is 683. The molecular weight excluding hydrogens is 435 g/mol. The normalized spacial score (nSPS) is 26.8. The predicted octanol–water partition coefficient (Wildman–Crippen LogP) is 9.66. The summed E-state index contributed by atoms with van der Waals surface area (Å²) in [6.45, 7) is 2.26. The van der Waals surface area contributed by atoms with Crippen molar-refractivity contribution >= 4 is 0 Å². The summed E-state index contributed by atoms with van der Waals surface area (Å²) >= 11 is 0. The van der Waals surface area contributed by atoms with Crippen LogP contribution in [0.25, 0.3) is 0 Å². The minimum Gasteiger partial charge on any atom is -0.426 e. The van der Waals surface area contributed by atoms with Crippen molar-refractivity contribution < 1.29 is 26.7 Å². The molecule has 2 fully saturated rings. The van der Waals surface area contributed by atoms with Gasteiger partial charge in [-0.3, -0.25) is 0 Å². The van der Waals surface area contributed by atoms with Crippen LogP contribution in [0.1, 0.15) is 108 Å². The Balaban J connectivity index is 1.39. The lowest BCUT2D eigenvalue weighted by Gasteiger charge is -2.38. The zero-order chi connectivity index (χ0) is 23.9. The van der Waals surface area contributed by atoms with Crippen LogP contribution >= 0.6 is 0 Å². The Morgan fingerprint density at radius 3 is 1.82 bits per heavy atom. The second-order valence-corrected chi connectivity index (χ2v) is 10.3. The van der Waals surface area contributed by atoms with E-state index in [0.717, 1.165) is 36.2 Å². The average Bonchev–Trinajstić information content (AvgIpc) is 2.79. The first-order valence-corrected chi connectivity index (χ1v) is 12.9. The third-order valence-electron chi connectivity index (χ3n) is 7.97. The molecule has 3 rings (SSSR count). The molecule has 0 N–H and O–H groups in total. The van der Waals surface area contributed by atoms with E-state index in [2.05, 4.69) is 11.7 Å². The van der Waals surface area contributed by atoms with Crippen molar-refractivity contribution in [1.82, 2.24) is 0 Å². The summed E-state index contributed by atoms with van der Waals surface area (Å²) in [5, 5.41) is 0. The molecule has 0 amide bonds. The van der Waals surface area contributed by atoms with Gasteiger partial charge in [0.2, 0.25) is 0 Å².